The second kappa shape index (κ2) is 6.53. The number of hydrogen-bond donors (Lipinski definition) is 1. The summed E-state index contributed by atoms with van der Waals surface area (Å²) in [5.41, 5.74) is 0.727. The fourth-order valence-electron chi connectivity index (χ4n) is 3.31. The average Bonchev–Trinajstić information content (AvgIpc) is 3.35. The Bertz CT molecular complexity index is 783. The van der Waals surface area contributed by atoms with Gasteiger partial charge in [0, 0.05) is 11.9 Å². The molecule has 1 aliphatic rings. The highest BCUT2D eigenvalue weighted by atomic mass is 16.3. The molecule has 0 radical (unpaired) electrons. The van der Waals surface area contributed by atoms with Crippen molar-refractivity contribution in [3.05, 3.63) is 60.2 Å². The van der Waals surface area contributed by atoms with Crippen molar-refractivity contribution in [2.75, 3.05) is 19.6 Å². The van der Waals surface area contributed by atoms with Crippen LogP contribution in [-0.2, 0) is 0 Å². The van der Waals surface area contributed by atoms with E-state index in [0.29, 0.717) is 12.3 Å². The highest BCUT2D eigenvalue weighted by Crippen LogP contribution is 2.25. The number of carbonyl (C=O) groups is 1. The third kappa shape index (κ3) is 2.95. The van der Waals surface area contributed by atoms with Crippen LogP contribution in [0.4, 0.5) is 0 Å². The van der Waals surface area contributed by atoms with Gasteiger partial charge in [-0.1, -0.05) is 18.2 Å². The molecule has 4 rings (SSSR count). The highest BCUT2D eigenvalue weighted by molar-refractivity contribution is 5.96. The van der Waals surface area contributed by atoms with Gasteiger partial charge in [0.15, 0.2) is 5.76 Å². The number of fused-ring (bicyclic) bond motifs is 1. The fourth-order valence-corrected chi connectivity index (χ4v) is 3.31. The second-order valence-corrected chi connectivity index (χ2v) is 6.13. The summed E-state index contributed by atoms with van der Waals surface area (Å²) < 4.78 is 11.2. The Morgan fingerprint density at radius 2 is 2.00 bits per heavy atom. The van der Waals surface area contributed by atoms with Crippen molar-refractivity contribution >= 4 is 16.9 Å². The van der Waals surface area contributed by atoms with Gasteiger partial charge in [-0.3, -0.25) is 9.69 Å². The van der Waals surface area contributed by atoms with E-state index in [9.17, 15) is 4.79 Å². The second-order valence-electron chi connectivity index (χ2n) is 6.13. The number of likely N-dealkylation sites (tertiary alicyclic amines) is 1. The van der Waals surface area contributed by atoms with Gasteiger partial charge in [-0.15, -0.1) is 0 Å². The minimum absolute atomic E-state index is 0.0656. The standard InChI is InChI=1S/C19H20N2O3/c22-19(18-12-14-6-1-2-7-16(14)24-18)20-13-15(17-8-5-11-23-17)21-9-3-4-10-21/h1-2,5-8,11-12,15H,3-4,9-10,13H2,(H,20,22)/t15-/m1/s1. The Morgan fingerprint density at radius 3 is 2.75 bits per heavy atom. The van der Waals surface area contributed by atoms with Gasteiger partial charge in [0.1, 0.15) is 11.3 Å². The van der Waals surface area contributed by atoms with Crippen LogP contribution in [0.15, 0.2) is 57.6 Å². The molecule has 24 heavy (non-hydrogen) atoms. The molecule has 1 fully saturated rings. The summed E-state index contributed by atoms with van der Waals surface area (Å²) in [6.07, 6.45) is 4.06. The number of para-hydroxylation sites is 1. The lowest BCUT2D eigenvalue weighted by atomic mass is 10.2. The van der Waals surface area contributed by atoms with Gasteiger partial charge in [0.2, 0.25) is 0 Å². The molecule has 1 aromatic carbocycles. The molecule has 0 bridgehead atoms. The topological polar surface area (TPSA) is 58.6 Å². The van der Waals surface area contributed by atoms with Crippen LogP contribution in [0.25, 0.3) is 11.0 Å². The van der Waals surface area contributed by atoms with Crippen LogP contribution in [0.1, 0.15) is 35.2 Å². The normalized spacial score (nSPS) is 16.5. The highest BCUT2D eigenvalue weighted by Gasteiger charge is 2.26. The molecule has 1 atom stereocenters. The molecule has 3 aromatic rings. The number of nitrogens with zero attached hydrogens (tertiary/aromatic N) is 1. The van der Waals surface area contributed by atoms with E-state index in [1.54, 1.807) is 12.3 Å². The zero-order chi connectivity index (χ0) is 16.4. The summed E-state index contributed by atoms with van der Waals surface area (Å²) in [5, 5.41) is 3.93. The van der Waals surface area contributed by atoms with Gasteiger partial charge in [0.05, 0.1) is 12.3 Å². The Hall–Kier alpha value is -2.53. The summed E-state index contributed by atoms with van der Waals surface area (Å²) >= 11 is 0. The average molecular weight is 324 g/mol. The van der Waals surface area contributed by atoms with E-state index in [2.05, 4.69) is 10.2 Å². The van der Waals surface area contributed by atoms with Crippen LogP contribution in [0.3, 0.4) is 0 Å². The van der Waals surface area contributed by atoms with Crippen LogP contribution >= 0.6 is 0 Å². The van der Waals surface area contributed by atoms with Gasteiger partial charge in [-0.25, -0.2) is 0 Å². The molecular weight excluding hydrogens is 304 g/mol. The molecule has 1 aliphatic heterocycles. The first-order chi connectivity index (χ1) is 11.8. The largest absolute Gasteiger partial charge is 0.468 e. The molecule has 5 heteroatoms. The number of hydrogen-bond acceptors (Lipinski definition) is 4. The molecule has 0 spiro atoms. The number of furan rings is 2. The van der Waals surface area contributed by atoms with E-state index in [4.69, 9.17) is 8.83 Å². The maximum atomic E-state index is 12.4. The van der Waals surface area contributed by atoms with E-state index in [1.807, 2.05) is 36.4 Å². The van der Waals surface area contributed by atoms with E-state index in [1.165, 1.54) is 12.8 Å². The summed E-state index contributed by atoms with van der Waals surface area (Å²) in [7, 11) is 0. The van der Waals surface area contributed by atoms with Crippen LogP contribution in [0.5, 0.6) is 0 Å². The fraction of sp³-hybridized carbons (Fsp3) is 0.316. The van der Waals surface area contributed by atoms with Crippen molar-refractivity contribution in [1.82, 2.24) is 10.2 Å². The van der Waals surface area contributed by atoms with E-state index >= 15 is 0 Å². The first kappa shape index (κ1) is 15.0. The van der Waals surface area contributed by atoms with Crippen LogP contribution in [-0.4, -0.2) is 30.4 Å². The van der Waals surface area contributed by atoms with Gasteiger partial charge < -0.3 is 14.2 Å². The lowest BCUT2D eigenvalue weighted by Gasteiger charge is -2.25. The molecule has 1 N–H and O–H groups in total. The predicted molar refractivity (Wildman–Crippen MR) is 90.8 cm³/mol. The molecule has 0 unspecified atom stereocenters. The Morgan fingerprint density at radius 1 is 1.17 bits per heavy atom. The Kier molecular flexibility index (Phi) is 4.09. The molecule has 1 saturated heterocycles. The maximum Gasteiger partial charge on any atom is 0.287 e. The minimum Gasteiger partial charge on any atom is -0.468 e. The van der Waals surface area contributed by atoms with E-state index < -0.39 is 0 Å². The molecule has 1 amide bonds. The summed E-state index contributed by atoms with van der Waals surface area (Å²) in [5.74, 6) is 1.04. The number of rotatable bonds is 5. The summed E-state index contributed by atoms with van der Waals surface area (Å²) in [6.45, 7) is 2.57. The third-order valence-corrected chi connectivity index (χ3v) is 4.56. The molecular formula is C19H20N2O3. The Balaban J connectivity index is 1.48. The van der Waals surface area contributed by atoms with Crippen LogP contribution in [0.2, 0.25) is 0 Å². The predicted octanol–water partition coefficient (Wildman–Crippen LogP) is 3.59. The SMILES string of the molecule is O=C(NC[C@H](c1ccco1)N1CCCC1)c1cc2ccccc2o1. The van der Waals surface area contributed by atoms with Crippen molar-refractivity contribution in [2.45, 2.75) is 18.9 Å². The van der Waals surface area contributed by atoms with Crippen molar-refractivity contribution in [3.63, 3.8) is 0 Å². The third-order valence-electron chi connectivity index (χ3n) is 4.56. The molecule has 3 heterocycles. The maximum absolute atomic E-state index is 12.4. The van der Waals surface area contributed by atoms with E-state index in [0.717, 1.165) is 29.8 Å². The summed E-state index contributed by atoms with van der Waals surface area (Å²) in [6, 6.07) is 13.3. The van der Waals surface area contributed by atoms with Gasteiger partial charge in [0.25, 0.3) is 5.91 Å². The molecule has 0 aliphatic carbocycles. The first-order valence-electron chi connectivity index (χ1n) is 8.35. The van der Waals surface area contributed by atoms with Crippen LogP contribution in [0, 0.1) is 0 Å². The van der Waals surface area contributed by atoms with Crippen molar-refractivity contribution in [2.24, 2.45) is 0 Å². The van der Waals surface area contributed by atoms with Gasteiger partial charge in [-0.2, -0.15) is 0 Å². The monoisotopic (exact) mass is 324 g/mol. The van der Waals surface area contributed by atoms with Crippen LogP contribution < -0.4 is 5.32 Å². The molecule has 124 valence electrons. The lowest BCUT2D eigenvalue weighted by Crippen LogP contribution is -2.36. The smallest absolute Gasteiger partial charge is 0.287 e. The number of carbonyl (C=O) groups excluding carboxylic acids is 1. The summed E-state index contributed by atoms with van der Waals surface area (Å²) in [4.78, 5) is 14.8. The molecule has 2 aromatic heterocycles. The van der Waals surface area contributed by atoms with Crippen molar-refractivity contribution < 1.29 is 13.6 Å². The van der Waals surface area contributed by atoms with E-state index in [-0.39, 0.29) is 11.9 Å². The number of amides is 1. The number of nitrogens with one attached hydrogen (secondary N) is 1. The zero-order valence-electron chi connectivity index (χ0n) is 13.4. The first-order valence-corrected chi connectivity index (χ1v) is 8.35. The van der Waals surface area contributed by atoms with Crippen molar-refractivity contribution in [1.29, 1.82) is 0 Å². The zero-order valence-corrected chi connectivity index (χ0v) is 13.4. The van der Waals surface area contributed by atoms with Gasteiger partial charge >= 0.3 is 0 Å². The number of benzene rings is 1. The lowest BCUT2D eigenvalue weighted by molar-refractivity contribution is 0.0908. The Labute approximate surface area is 140 Å². The minimum atomic E-state index is -0.193. The quantitative estimate of drug-likeness (QED) is 0.779. The van der Waals surface area contributed by atoms with Gasteiger partial charge in [-0.05, 0) is 50.2 Å². The molecule has 0 saturated carbocycles. The molecule has 5 nitrogen and oxygen atoms in total. The van der Waals surface area contributed by atoms with Crippen molar-refractivity contribution in [3.8, 4) is 0 Å².